The molecule has 0 fully saturated rings. The van der Waals surface area contributed by atoms with Gasteiger partial charge in [0.15, 0.2) is 0 Å². The van der Waals surface area contributed by atoms with Gasteiger partial charge in [0, 0.05) is 5.69 Å². The van der Waals surface area contributed by atoms with E-state index in [0.29, 0.717) is 6.42 Å². The molecule has 0 bridgehead atoms. The number of esters is 2. The van der Waals surface area contributed by atoms with Crippen molar-refractivity contribution in [3.63, 3.8) is 0 Å². The molecule has 0 aromatic carbocycles. The number of hydrogen-bond donors (Lipinski definition) is 0. The van der Waals surface area contributed by atoms with Crippen LogP contribution in [0.2, 0.25) is 0 Å². The van der Waals surface area contributed by atoms with E-state index in [0.717, 1.165) is 11.4 Å². The van der Waals surface area contributed by atoms with Crippen LogP contribution < -0.4 is 0 Å². The lowest BCUT2D eigenvalue weighted by molar-refractivity contribution is -0.159. The third kappa shape index (κ3) is 5.21. The highest BCUT2D eigenvalue weighted by Gasteiger charge is 2.26. The van der Waals surface area contributed by atoms with Gasteiger partial charge in [0.2, 0.25) is 0 Å². The van der Waals surface area contributed by atoms with Crippen LogP contribution in [0.5, 0.6) is 0 Å². The first kappa shape index (κ1) is 17.2. The zero-order valence-corrected chi connectivity index (χ0v) is 13.4. The summed E-state index contributed by atoms with van der Waals surface area (Å²) in [7, 11) is 0. The summed E-state index contributed by atoms with van der Waals surface area (Å²) in [4.78, 5) is 23.4. The Morgan fingerprint density at radius 2 is 1.86 bits per heavy atom. The maximum atomic E-state index is 11.7. The van der Waals surface area contributed by atoms with E-state index in [9.17, 15) is 9.59 Å². The van der Waals surface area contributed by atoms with Crippen molar-refractivity contribution in [2.45, 2.75) is 47.6 Å². The Hall–Kier alpha value is -1.85. The van der Waals surface area contributed by atoms with Crippen molar-refractivity contribution >= 4 is 11.9 Å². The summed E-state index contributed by atoms with van der Waals surface area (Å²) in [5.74, 6) is -0.674. The Morgan fingerprint density at radius 3 is 2.38 bits per heavy atom. The lowest BCUT2D eigenvalue weighted by Gasteiger charge is -2.20. The van der Waals surface area contributed by atoms with Crippen molar-refractivity contribution in [2.24, 2.45) is 5.41 Å². The Bertz CT molecular complexity index is 506. The molecular weight excluding hydrogens is 272 g/mol. The second-order valence-electron chi connectivity index (χ2n) is 5.68. The van der Waals surface area contributed by atoms with Crippen molar-refractivity contribution in [3.8, 4) is 0 Å². The maximum Gasteiger partial charge on any atom is 0.327 e. The van der Waals surface area contributed by atoms with E-state index in [-0.39, 0.29) is 25.7 Å². The minimum absolute atomic E-state index is 0.0592. The molecule has 0 unspecified atom stereocenters. The fourth-order valence-electron chi connectivity index (χ4n) is 1.63. The Labute approximate surface area is 125 Å². The van der Waals surface area contributed by atoms with Crippen LogP contribution in [-0.4, -0.2) is 34.9 Å². The highest BCUT2D eigenvalue weighted by molar-refractivity contribution is 5.75. The molecule has 0 saturated heterocycles. The van der Waals surface area contributed by atoms with Crippen LogP contribution in [0.25, 0.3) is 0 Å². The number of hydrogen-bond acceptors (Lipinski definition) is 5. The topological polar surface area (TPSA) is 70.4 Å². The summed E-state index contributed by atoms with van der Waals surface area (Å²) in [6.07, 6.45) is 0.698. The van der Waals surface area contributed by atoms with Gasteiger partial charge in [0.25, 0.3) is 0 Å². The molecule has 0 atom stereocenters. The van der Waals surface area contributed by atoms with E-state index in [4.69, 9.17) is 9.47 Å². The number of aromatic nitrogens is 2. The van der Waals surface area contributed by atoms with Crippen LogP contribution in [0, 0.1) is 19.3 Å². The van der Waals surface area contributed by atoms with Gasteiger partial charge in [-0.2, -0.15) is 5.10 Å². The molecule has 0 aliphatic rings. The molecule has 118 valence electrons. The summed E-state index contributed by atoms with van der Waals surface area (Å²) in [5, 5.41) is 4.18. The van der Waals surface area contributed by atoms with Crippen LogP contribution in [0.3, 0.4) is 0 Å². The van der Waals surface area contributed by atoms with E-state index in [1.165, 1.54) is 0 Å². The second-order valence-corrected chi connectivity index (χ2v) is 5.68. The molecular formula is C15H24N2O4. The van der Waals surface area contributed by atoms with E-state index >= 15 is 0 Å². The summed E-state index contributed by atoms with van der Waals surface area (Å²) in [6.45, 7) is 9.51. The van der Waals surface area contributed by atoms with Crippen LogP contribution in [0.4, 0.5) is 0 Å². The van der Waals surface area contributed by atoms with Gasteiger partial charge in [-0.05, 0) is 40.2 Å². The smallest absolute Gasteiger partial charge is 0.327 e. The lowest BCUT2D eigenvalue weighted by atomic mass is 9.91. The number of rotatable bonds is 7. The first-order valence-electron chi connectivity index (χ1n) is 7.10. The van der Waals surface area contributed by atoms with Crippen molar-refractivity contribution in [2.75, 3.05) is 13.2 Å². The average Bonchev–Trinajstić information content (AvgIpc) is 2.72. The molecule has 1 aromatic rings. The largest absolute Gasteiger partial charge is 0.462 e. The molecule has 0 radical (unpaired) electrons. The van der Waals surface area contributed by atoms with Crippen molar-refractivity contribution in [1.82, 2.24) is 9.78 Å². The van der Waals surface area contributed by atoms with Gasteiger partial charge in [-0.3, -0.25) is 14.3 Å². The molecule has 0 spiro atoms. The highest BCUT2D eigenvalue weighted by Crippen LogP contribution is 2.21. The van der Waals surface area contributed by atoms with E-state index < -0.39 is 11.4 Å². The molecule has 1 heterocycles. The summed E-state index contributed by atoms with van der Waals surface area (Å²) < 4.78 is 11.7. The van der Waals surface area contributed by atoms with E-state index in [1.807, 2.05) is 40.7 Å². The molecule has 6 nitrogen and oxygen atoms in total. The van der Waals surface area contributed by atoms with Gasteiger partial charge in [-0.15, -0.1) is 0 Å². The third-order valence-electron chi connectivity index (χ3n) is 3.40. The zero-order chi connectivity index (χ0) is 16.0. The molecule has 0 aliphatic carbocycles. The molecule has 1 aromatic heterocycles. The highest BCUT2D eigenvalue weighted by atomic mass is 16.6. The predicted molar refractivity (Wildman–Crippen MR) is 77.7 cm³/mol. The number of carbonyl (C=O) groups excluding carboxylic acids is 2. The third-order valence-corrected chi connectivity index (χ3v) is 3.40. The molecule has 0 amide bonds. The monoisotopic (exact) mass is 296 g/mol. The summed E-state index contributed by atoms with van der Waals surface area (Å²) in [6, 6.07) is 1.89. The van der Waals surface area contributed by atoms with Gasteiger partial charge in [0.05, 0.1) is 11.1 Å². The molecule has 0 aliphatic heterocycles. The molecule has 0 saturated carbocycles. The van der Waals surface area contributed by atoms with Crippen LogP contribution in [-0.2, 0) is 25.6 Å². The minimum atomic E-state index is -0.506. The number of carbonyl (C=O) groups is 2. The SMILES string of the molecule is CCC(C)(C)C(=O)OCCOC(=O)Cn1nc(C)cc1C. The molecule has 0 N–H and O–H groups in total. The molecule has 21 heavy (non-hydrogen) atoms. The number of ether oxygens (including phenoxy) is 2. The van der Waals surface area contributed by atoms with Gasteiger partial charge in [-0.25, -0.2) is 0 Å². The predicted octanol–water partition coefficient (Wildman–Crippen LogP) is 2.02. The number of aryl methyl sites for hydroxylation is 2. The first-order valence-corrected chi connectivity index (χ1v) is 7.10. The second kappa shape index (κ2) is 7.24. The quantitative estimate of drug-likeness (QED) is 0.568. The van der Waals surface area contributed by atoms with Crippen molar-refractivity contribution in [3.05, 3.63) is 17.5 Å². The van der Waals surface area contributed by atoms with E-state index in [2.05, 4.69) is 5.10 Å². The zero-order valence-electron chi connectivity index (χ0n) is 13.4. The normalized spacial score (nSPS) is 11.3. The maximum absolute atomic E-state index is 11.7. The van der Waals surface area contributed by atoms with Gasteiger partial charge in [-0.1, -0.05) is 6.92 Å². The first-order chi connectivity index (χ1) is 9.76. The van der Waals surface area contributed by atoms with Crippen LogP contribution in [0.1, 0.15) is 38.6 Å². The Morgan fingerprint density at radius 1 is 1.24 bits per heavy atom. The molecule has 1 rings (SSSR count). The molecule has 6 heteroatoms. The summed E-state index contributed by atoms with van der Waals surface area (Å²) in [5.41, 5.74) is 1.25. The summed E-state index contributed by atoms with van der Waals surface area (Å²) >= 11 is 0. The van der Waals surface area contributed by atoms with E-state index in [1.54, 1.807) is 4.68 Å². The Kier molecular flexibility index (Phi) is 5.93. The van der Waals surface area contributed by atoms with Crippen LogP contribution in [0.15, 0.2) is 6.07 Å². The minimum Gasteiger partial charge on any atom is -0.462 e. The Balaban J connectivity index is 2.29. The standard InChI is InChI=1S/C15H24N2O4/c1-6-15(4,5)14(19)21-8-7-20-13(18)10-17-12(3)9-11(2)16-17/h9H,6-8,10H2,1-5H3. The van der Waals surface area contributed by atoms with Crippen molar-refractivity contribution < 1.29 is 19.1 Å². The number of nitrogens with zero attached hydrogens (tertiary/aromatic N) is 2. The van der Waals surface area contributed by atoms with Gasteiger partial charge >= 0.3 is 11.9 Å². The van der Waals surface area contributed by atoms with Gasteiger partial charge < -0.3 is 9.47 Å². The van der Waals surface area contributed by atoms with Gasteiger partial charge in [0.1, 0.15) is 19.8 Å². The fraction of sp³-hybridized carbons (Fsp3) is 0.667. The van der Waals surface area contributed by atoms with Crippen molar-refractivity contribution in [1.29, 1.82) is 0 Å². The fourth-order valence-corrected chi connectivity index (χ4v) is 1.63. The average molecular weight is 296 g/mol. The lowest BCUT2D eigenvalue weighted by Crippen LogP contribution is -2.27. The van der Waals surface area contributed by atoms with Crippen LogP contribution >= 0.6 is 0 Å².